The Bertz CT molecular complexity index is 650. The molecular weight excluding hydrogens is 326 g/mol. The van der Waals surface area contributed by atoms with Crippen molar-refractivity contribution in [1.82, 2.24) is 14.9 Å². The lowest BCUT2D eigenvalue weighted by atomic mass is 10.0. The zero-order chi connectivity index (χ0) is 17.7. The van der Waals surface area contributed by atoms with E-state index in [1.54, 1.807) is 24.3 Å². The van der Waals surface area contributed by atoms with Gasteiger partial charge >= 0.3 is 0 Å². The third kappa shape index (κ3) is 4.78. The van der Waals surface area contributed by atoms with Gasteiger partial charge in [-0.3, -0.25) is 4.79 Å². The first-order valence-electron chi connectivity index (χ1n) is 8.33. The van der Waals surface area contributed by atoms with E-state index in [0.717, 1.165) is 31.5 Å². The molecule has 1 aromatic rings. The molecule has 24 heavy (non-hydrogen) atoms. The predicted octanol–water partition coefficient (Wildman–Crippen LogP) is 1.50. The molecule has 0 aromatic heterocycles. The van der Waals surface area contributed by atoms with Gasteiger partial charge in [-0.1, -0.05) is 12.1 Å². The summed E-state index contributed by atoms with van der Waals surface area (Å²) in [5.41, 5.74) is 0.892. The lowest BCUT2D eigenvalue weighted by Crippen LogP contribution is -2.27. The van der Waals surface area contributed by atoms with Crippen molar-refractivity contribution < 1.29 is 13.2 Å². The number of amides is 1. The van der Waals surface area contributed by atoms with Gasteiger partial charge in [0.15, 0.2) is 0 Å². The molecule has 7 heteroatoms. The molecule has 1 aliphatic heterocycles. The highest BCUT2D eigenvalue weighted by Gasteiger charge is 2.19. The number of nitrogens with zero attached hydrogens (tertiary/aromatic N) is 1. The molecule has 0 aliphatic carbocycles. The Balaban J connectivity index is 1.90. The van der Waals surface area contributed by atoms with Gasteiger partial charge in [0.1, 0.15) is 0 Å². The van der Waals surface area contributed by atoms with Gasteiger partial charge in [0.2, 0.25) is 15.9 Å². The van der Waals surface area contributed by atoms with Crippen molar-refractivity contribution in [3.05, 3.63) is 29.8 Å². The largest absolute Gasteiger partial charge is 0.350 e. The Kier molecular flexibility index (Phi) is 6.37. The van der Waals surface area contributed by atoms with Gasteiger partial charge in [-0.25, -0.2) is 12.7 Å². The SMILES string of the molecule is CC(NC(=O)CCC1CCNC1)c1ccc(S(=O)(=O)N(C)C)cc1. The number of benzene rings is 1. The molecule has 2 rings (SSSR count). The van der Waals surface area contributed by atoms with Gasteiger partial charge in [0.05, 0.1) is 10.9 Å². The van der Waals surface area contributed by atoms with E-state index in [0.29, 0.717) is 12.3 Å². The first-order chi connectivity index (χ1) is 11.3. The Labute approximate surface area is 144 Å². The summed E-state index contributed by atoms with van der Waals surface area (Å²) in [6.07, 6.45) is 2.58. The van der Waals surface area contributed by atoms with Crippen LogP contribution < -0.4 is 10.6 Å². The molecule has 1 aliphatic rings. The standard InChI is InChI=1S/C17H27N3O3S/c1-13(19-17(21)9-4-14-10-11-18-12-14)15-5-7-16(8-6-15)24(22,23)20(2)3/h5-8,13-14,18H,4,9-12H2,1-3H3,(H,19,21). The number of carbonyl (C=O) groups is 1. The quantitative estimate of drug-likeness (QED) is 0.779. The molecule has 2 atom stereocenters. The zero-order valence-electron chi connectivity index (χ0n) is 14.6. The van der Waals surface area contributed by atoms with Gasteiger partial charge in [-0.15, -0.1) is 0 Å². The number of rotatable bonds is 7. The number of nitrogens with one attached hydrogen (secondary N) is 2. The molecule has 1 fully saturated rings. The van der Waals surface area contributed by atoms with E-state index in [-0.39, 0.29) is 16.8 Å². The highest BCUT2D eigenvalue weighted by atomic mass is 32.2. The third-order valence-electron chi connectivity index (χ3n) is 4.48. The highest BCUT2D eigenvalue weighted by Crippen LogP contribution is 2.19. The summed E-state index contributed by atoms with van der Waals surface area (Å²) in [5.74, 6) is 0.640. The summed E-state index contributed by atoms with van der Waals surface area (Å²) >= 11 is 0. The van der Waals surface area contributed by atoms with Gasteiger partial charge in [0.25, 0.3) is 0 Å². The molecular formula is C17H27N3O3S. The lowest BCUT2D eigenvalue weighted by molar-refractivity contribution is -0.122. The summed E-state index contributed by atoms with van der Waals surface area (Å²) in [6, 6.07) is 6.52. The second-order valence-corrected chi connectivity index (χ2v) is 8.69. The summed E-state index contributed by atoms with van der Waals surface area (Å²) in [4.78, 5) is 12.3. The van der Waals surface area contributed by atoms with Gasteiger partial charge in [0, 0.05) is 20.5 Å². The van der Waals surface area contributed by atoms with Crippen LogP contribution in [0.1, 0.15) is 37.8 Å². The van der Waals surface area contributed by atoms with Crippen molar-refractivity contribution in [3.63, 3.8) is 0 Å². The van der Waals surface area contributed by atoms with Crippen LogP contribution >= 0.6 is 0 Å². The average Bonchev–Trinajstić information content (AvgIpc) is 3.06. The second-order valence-electron chi connectivity index (χ2n) is 6.54. The first-order valence-corrected chi connectivity index (χ1v) is 9.77. The van der Waals surface area contributed by atoms with Crippen molar-refractivity contribution in [1.29, 1.82) is 0 Å². The molecule has 0 bridgehead atoms. The van der Waals surface area contributed by atoms with E-state index in [1.165, 1.54) is 18.4 Å². The maximum absolute atomic E-state index is 12.1. The minimum atomic E-state index is -3.42. The van der Waals surface area contributed by atoms with Crippen LogP contribution in [0.25, 0.3) is 0 Å². The molecule has 1 amide bonds. The van der Waals surface area contributed by atoms with Crippen molar-refractivity contribution in [2.45, 2.75) is 37.1 Å². The Morgan fingerprint density at radius 2 is 2.00 bits per heavy atom. The Morgan fingerprint density at radius 1 is 1.33 bits per heavy atom. The van der Waals surface area contributed by atoms with E-state index < -0.39 is 10.0 Å². The fourth-order valence-electron chi connectivity index (χ4n) is 2.83. The summed E-state index contributed by atoms with van der Waals surface area (Å²) in [5, 5.41) is 6.29. The van der Waals surface area contributed by atoms with Crippen molar-refractivity contribution in [3.8, 4) is 0 Å². The minimum absolute atomic E-state index is 0.0411. The number of hydrogen-bond donors (Lipinski definition) is 2. The molecule has 6 nitrogen and oxygen atoms in total. The van der Waals surface area contributed by atoms with Crippen LogP contribution in [0.5, 0.6) is 0 Å². The van der Waals surface area contributed by atoms with E-state index in [1.807, 2.05) is 6.92 Å². The van der Waals surface area contributed by atoms with Crippen LogP contribution in [0, 0.1) is 5.92 Å². The highest BCUT2D eigenvalue weighted by molar-refractivity contribution is 7.89. The number of carbonyl (C=O) groups excluding carboxylic acids is 1. The van der Waals surface area contributed by atoms with E-state index in [2.05, 4.69) is 10.6 Å². The molecule has 0 saturated carbocycles. The van der Waals surface area contributed by atoms with Crippen molar-refractivity contribution >= 4 is 15.9 Å². The van der Waals surface area contributed by atoms with Crippen LogP contribution in [0.3, 0.4) is 0 Å². The van der Waals surface area contributed by atoms with Gasteiger partial charge in [-0.05, 0) is 56.5 Å². The monoisotopic (exact) mass is 353 g/mol. The number of hydrogen-bond acceptors (Lipinski definition) is 4. The molecule has 0 spiro atoms. The van der Waals surface area contributed by atoms with E-state index in [4.69, 9.17) is 0 Å². The minimum Gasteiger partial charge on any atom is -0.350 e. The lowest BCUT2D eigenvalue weighted by Gasteiger charge is -2.16. The van der Waals surface area contributed by atoms with E-state index in [9.17, 15) is 13.2 Å². The molecule has 134 valence electrons. The summed E-state index contributed by atoms with van der Waals surface area (Å²) in [7, 11) is -0.409. The molecule has 2 unspecified atom stereocenters. The summed E-state index contributed by atoms with van der Waals surface area (Å²) in [6.45, 7) is 3.96. The molecule has 1 aromatic carbocycles. The molecule has 0 radical (unpaired) electrons. The third-order valence-corrected chi connectivity index (χ3v) is 6.31. The van der Waals surface area contributed by atoms with Crippen LogP contribution in [0.4, 0.5) is 0 Å². The fourth-order valence-corrected chi connectivity index (χ4v) is 3.73. The van der Waals surface area contributed by atoms with Crippen LogP contribution in [-0.4, -0.2) is 45.8 Å². The predicted molar refractivity (Wildman–Crippen MR) is 94.1 cm³/mol. The maximum Gasteiger partial charge on any atom is 0.242 e. The molecule has 1 heterocycles. The van der Waals surface area contributed by atoms with Gasteiger partial charge in [-0.2, -0.15) is 0 Å². The normalized spacial score (nSPS) is 19.4. The van der Waals surface area contributed by atoms with Crippen molar-refractivity contribution in [2.24, 2.45) is 5.92 Å². The molecule has 2 N–H and O–H groups in total. The van der Waals surface area contributed by atoms with Crippen LogP contribution in [-0.2, 0) is 14.8 Å². The second kappa shape index (κ2) is 8.09. The molecule has 1 saturated heterocycles. The number of sulfonamides is 1. The maximum atomic E-state index is 12.1. The topological polar surface area (TPSA) is 78.5 Å². The Hall–Kier alpha value is -1.44. The van der Waals surface area contributed by atoms with E-state index >= 15 is 0 Å². The smallest absolute Gasteiger partial charge is 0.242 e. The van der Waals surface area contributed by atoms with Crippen molar-refractivity contribution in [2.75, 3.05) is 27.2 Å². The summed E-state index contributed by atoms with van der Waals surface area (Å²) < 4.78 is 25.3. The first kappa shape index (κ1) is 18.9. The fraction of sp³-hybridized carbons (Fsp3) is 0.588. The Morgan fingerprint density at radius 3 is 2.54 bits per heavy atom. The average molecular weight is 353 g/mol. The zero-order valence-corrected chi connectivity index (χ0v) is 15.4. The van der Waals surface area contributed by atoms with Gasteiger partial charge < -0.3 is 10.6 Å². The van der Waals surface area contributed by atoms with Crippen LogP contribution in [0.15, 0.2) is 29.2 Å². The van der Waals surface area contributed by atoms with Crippen LogP contribution in [0.2, 0.25) is 0 Å².